The van der Waals surface area contributed by atoms with Gasteiger partial charge in [0.2, 0.25) is 5.91 Å². The summed E-state index contributed by atoms with van der Waals surface area (Å²) in [7, 11) is 0. The molecular weight excluding hydrogens is 394 g/mol. The summed E-state index contributed by atoms with van der Waals surface area (Å²) < 4.78 is 5.65. The molecule has 0 aromatic heterocycles. The lowest BCUT2D eigenvalue weighted by molar-refractivity contribution is -0.131. The molecule has 0 saturated carbocycles. The zero-order chi connectivity index (χ0) is 22.2. The molecule has 31 heavy (non-hydrogen) atoms. The first-order valence-corrected chi connectivity index (χ1v) is 10.5. The highest BCUT2D eigenvalue weighted by Crippen LogP contribution is 2.20. The summed E-state index contributed by atoms with van der Waals surface area (Å²) in [4.78, 5) is 38.4. The summed E-state index contributed by atoms with van der Waals surface area (Å²) in [6, 6.07) is 14.6. The maximum absolute atomic E-state index is 12.4. The van der Waals surface area contributed by atoms with Gasteiger partial charge in [-0.15, -0.1) is 0 Å². The molecule has 1 fully saturated rings. The van der Waals surface area contributed by atoms with Gasteiger partial charge in [-0.2, -0.15) is 0 Å². The van der Waals surface area contributed by atoms with Crippen molar-refractivity contribution in [1.82, 2.24) is 15.5 Å². The van der Waals surface area contributed by atoms with E-state index in [2.05, 4.69) is 10.6 Å². The van der Waals surface area contributed by atoms with Gasteiger partial charge in [0, 0.05) is 24.7 Å². The van der Waals surface area contributed by atoms with Crippen LogP contribution in [0.15, 0.2) is 48.5 Å². The Labute approximate surface area is 182 Å². The van der Waals surface area contributed by atoms with Crippen LogP contribution in [0.1, 0.15) is 34.3 Å². The van der Waals surface area contributed by atoms with E-state index in [1.807, 2.05) is 38.1 Å². The van der Waals surface area contributed by atoms with Crippen LogP contribution in [0.3, 0.4) is 0 Å². The second kappa shape index (κ2) is 10.6. The number of benzene rings is 2. The van der Waals surface area contributed by atoms with Crippen molar-refractivity contribution in [3.63, 3.8) is 0 Å². The van der Waals surface area contributed by atoms with Crippen molar-refractivity contribution in [2.45, 2.75) is 32.7 Å². The van der Waals surface area contributed by atoms with Crippen molar-refractivity contribution in [2.24, 2.45) is 0 Å². The number of hydrogen-bond acceptors (Lipinski definition) is 4. The van der Waals surface area contributed by atoms with Gasteiger partial charge in [0.15, 0.2) is 6.61 Å². The summed E-state index contributed by atoms with van der Waals surface area (Å²) in [5, 5.41) is 5.65. The Morgan fingerprint density at radius 1 is 1.00 bits per heavy atom. The zero-order valence-corrected chi connectivity index (χ0v) is 18.0. The summed E-state index contributed by atoms with van der Waals surface area (Å²) in [5.41, 5.74) is 2.68. The van der Waals surface area contributed by atoms with E-state index in [-0.39, 0.29) is 36.9 Å². The SMILES string of the molecule is Cc1cccc(OCC(=O)NC2CCN(C(=O)CNC(=O)c3ccccc3)CC2)c1C. The molecule has 7 heteroatoms. The molecule has 3 amide bonds. The van der Waals surface area contributed by atoms with Gasteiger partial charge in [-0.05, 0) is 56.0 Å². The van der Waals surface area contributed by atoms with Gasteiger partial charge >= 0.3 is 0 Å². The van der Waals surface area contributed by atoms with E-state index in [1.54, 1.807) is 29.2 Å². The maximum Gasteiger partial charge on any atom is 0.258 e. The van der Waals surface area contributed by atoms with Crippen LogP contribution < -0.4 is 15.4 Å². The van der Waals surface area contributed by atoms with Gasteiger partial charge in [0.1, 0.15) is 5.75 Å². The standard InChI is InChI=1S/C24H29N3O4/c1-17-7-6-10-21(18(17)2)31-16-22(28)26-20-11-13-27(14-12-20)23(29)15-25-24(30)19-8-4-3-5-9-19/h3-10,20H,11-16H2,1-2H3,(H,25,30)(H,26,28). The molecule has 0 aliphatic carbocycles. The lowest BCUT2D eigenvalue weighted by Gasteiger charge is -2.32. The number of ether oxygens (including phenoxy) is 1. The predicted molar refractivity (Wildman–Crippen MR) is 118 cm³/mol. The van der Waals surface area contributed by atoms with E-state index < -0.39 is 0 Å². The Bertz CT molecular complexity index is 922. The van der Waals surface area contributed by atoms with Crippen LogP contribution in [-0.2, 0) is 9.59 Å². The molecule has 2 N–H and O–H groups in total. The summed E-state index contributed by atoms with van der Waals surface area (Å²) in [6.07, 6.45) is 1.35. The molecule has 1 heterocycles. The normalized spacial score (nSPS) is 14.1. The highest BCUT2D eigenvalue weighted by molar-refractivity contribution is 5.96. The average Bonchev–Trinajstić information content (AvgIpc) is 2.79. The fourth-order valence-corrected chi connectivity index (χ4v) is 3.53. The minimum atomic E-state index is -0.264. The molecule has 1 saturated heterocycles. The van der Waals surface area contributed by atoms with E-state index in [1.165, 1.54) is 0 Å². The third kappa shape index (κ3) is 6.31. The molecule has 0 spiro atoms. The van der Waals surface area contributed by atoms with Crippen LogP contribution in [0, 0.1) is 13.8 Å². The van der Waals surface area contributed by atoms with Crippen LogP contribution in [0.5, 0.6) is 5.75 Å². The van der Waals surface area contributed by atoms with Crippen molar-refractivity contribution >= 4 is 17.7 Å². The number of nitrogens with zero attached hydrogens (tertiary/aromatic N) is 1. The zero-order valence-electron chi connectivity index (χ0n) is 18.0. The highest BCUT2D eigenvalue weighted by atomic mass is 16.5. The van der Waals surface area contributed by atoms with Crippen LogP contribution in [0.2, 0.25) is 0 Å². The van der Waals surface area contributed by atoms with Gasteiger partial charge in [-0.25, -0.2) is 0 Å². The Hall–Kier alpha value is -3.35. The lowest BCUT2D eigenvalue weighted by Crippen LogP contribution is -2.49. The third-order valence-electron chi connectivity index (χ3n) is 5.56. The van der Waals surface area contributed by atoms with Crippen LogP contribution in [0.25, 0.3) is 0 Å². The number of likely N-dealkylation sites (tertiary alicyclic amines) is 1. The van der Waals surface area contributed by atoms with E-state index in [0.29, 0.717) is 37.2 Å². The highest BCUT2D eigenvalue weighted by Gasteiger charge is 2.24. The van der Waals surface area contributed by atoms with Crippen LogP contribution in [0.4, 0.5) is 0 Å². The number of hydrogen-bond donors (Lipinski definition) is 2. The fraction of sp³-hybridized carbons (Fsp3) is 0.375. The molecule has 1 aliphatic heterocycles. The van der Waals surface area contributed by atoms with E-state index in [4.69, 9.17) is 4.74 Å². The third-order valence-corrected chi connectivity index (χ3v) is 5.56. The van der Waals surface area contributed by atoms with Gasteiger partial charge in [-0.1, -0.05) is 30.3 Å². The van der Waals surface area contributed by atoms with Crippen molar-refractivity contribution in [3.05, 3.63) is 65.2 Å². The molecule has 0 radical (unpaired) electrons. The largest absolute Gasteiger partial charge is 0.483 e. The number of rotatable bonds is 7. The molecule has 2 aromatic carbocycles. The smallest absolute Gasteiger partial charge is 0.258 e. The molecule has 1 aliphatic rings. The number of carbonyl (C=O) groups is 3. The molecule has 0 unspecified atom stereocenters. The summed E-state index contributed by atoms with van der Waals surface area (Å²) in [5.74, 6) is 0.168. The number of nitrogens with one attached hydrogen (secondary N) is 2. The predicted octanol–water partition coefficient (Wildman–Crippen LogP) is 2.22. The number of amides is 3. The molecule has 0 bridgehead atoms. The van der Waals surface area contributed by atoms with Crippen molar-refractivity contribution in [1.29, 1.82) is 0 Å². The molecule has 164 valence electrons. The lowest BCUT2D eigenvalue weighted by atomic mass is 10.0. The Balaban J connectivity index is 1.37. The molecule has 0 atom stereocenters. The van der Waals surface area contributed by atoms with Gasteiger partial charge in [0.05, 0.1) is 6.54 Å². The van der Waals surface area contributed by atoms with E-state index in [0.717, 1.165) is 11.1 Å². The number of aryl methyl sites for hydroxylation is 1. The Morgan fingerprint density at radius 3 is 2.42 bits per heavy atom. The molecule has 7 nitrogen and oxygen atoms in total. The molecular formula is C24H29N3O4. The number of carbonyl (C=O) groups excluding carboxylic acids is 3. The minimum Gasteiger partial charge on any atom is -0.483 e. The maximum atomic E-state index is 12.4. The minimum absolute atomic E-state index is 0.0117. The first-order chi connectivity index (χ1) is 14.9. The average molecular weight is 424 g/mol. The first-order valence-electron chi connectivity index (χ1n) is 10.5. The summed E-state index contributed by atoms with van der Waals surface area (Å²) >= 11 is 0. The van der Waals surface area contributed by atoms with Gasteiger partial charge < -0.3 is 20.3 Å². The van der Waals surface area contributed by atoms with Crippen LogP contribution >= 0.6 is 0 Å². The molecule has 2 aromatic rings. The monoisotopic (exact) mass is 423 g/mol. The Morgan fingerprint density at radius 2 is 1.71 bits per heavy atom. The summed E-state index contributed by atoms with van der Waals surface area (Å²) in [6.45, 7) is 5.00. The second-order valence-electron chi connectivity index (χ2n) is 7.76. The van der Waals surface area contributed by atoms with Crippen molar-refractivity contribution in [3.8, 4) is 5.75 Å². The van der Waals surface area contributed by atoms with Gasteiger partial charge in [0.25, 0.3) is 11.8 Å². The quantitative estimate of drug-likeness (QED) is 0.715. The van der Waals surface area contributed by atoms with E-state index in [9.17, 15) is 14.4 Å². The van der Waals surface area contributed by atoms with Crippen LogP contribution in [-0.4, -0.2) is 54.9 Å². The topological polar surface area (TPSA) is 87.7 Å². The Kier molecular flexibility index (Phi) is 7.65. The van der Waals surface area contributed by atoms with E-state index >= 15 is 0 Å². The fourth-order valence-electron chi connectivity index (χ4n) is 3.53. The number of piperidine rings is 1. The first kappa shape index (κ1) is 22.3. The van der Waals surface area contributed by atoms with Gasteiger partial charge in [-0.3, -0.25) is 14.4 Å². The van der Waals surface area contributed by atoms with Crippen molar-refractivity contribution < 1.29 is 19.1 Å². The molecule has 3 rings (SSSR count). The van der Waals surface area contributed by atoms with Crippen molar-refractivity contribution in [2.75, 3.05) is 26.2 Å². The second-order valence-corrected chi connectivity index (χ2v) is 7.76.